The Bertz CT molecular complexity index is 1080. The standard InChI is InChI=1S/C20H19N3O2S/c1-25-9-8-17-22-19-18(15-6-3-7-16(15)26-19)20(24)23(17)12-14-5-2-4-13(10-14)11-21/h2,4-5,10H,3,6-9,12H2,1H3. The maximum absolute atomic E-state index is 13.3. The van der Waals surface area contributed by atoms with Crippen LogP contribution in [-0.2, 0) is 30.5 Å². The number of benzene rings is 1. The first-order chi connectivity index (χ1) is 12.7. The molecule has 1 aliphatic rings. The van der Waals surface area contributed by atoms with Gasteiger partial charge in [-0.2, -0.15) is 5.26 Å². The van der Waals surface area contributed by atoms with E-state index in [0.717, 1.165) is 40.9 Å². The Hall–Kier alpha value is -2.49. The van der Waals surface area contributed by atoms with E-state index >= 15 is 0 Å². The van der Waals surface area contributed by atoms with Gasteiger partial charge in [-0.3, -0.25) is 9.36 Å². The summed E-state index contributed by atoms with van der Waals surface area (Å²) >= 11 is 1.66. The van der Waals surface area contributed by atoms with Crippen LogP contribution in [0.4, 0.5) is 0 Å². The molecule has 0 unspecified atom stereocenters. The predicted molar refractivity (Wildman–Crippen MR) is 102 cm³/mol. The highest BCUT2D eigenvalue weighted by molar-refractivity contribution is 7.18. The second kappa shape index (κ2) is 7.02. The first-order valence-electron chi connectivity index (χ1n) is 8.73. The van der Waals surface area contributed by atoms with Crippen molar-refractivity contribution in [2.45, 2.75) is 32.2 Å². The second-order valence-electron chi connectivity index (χ2n) is 6.51. The minimum Gasteiger partial charge on any atom is -0.384 e. The molecule has 6 heteroatoms. The van der Waals surface area contributed by atoms with Gasteiger partial charge in [0, 0.05) is 18.4 Å². The summed E-state index contributed by atoms with van der Waals surface area (Å²) in [7, 11) is 1.65. The molecule has 1 aromatic carbocycles. The molecule has 0 amide bonds. The van der Waals surface area contributed by atoms with Crippen molar-refractivity contribution in [1.82, 2.24) is 9.55 Å². The maximum Gasteiger partial charge on any atom is 0.262 e. The van der Waals surface area contributed by atoms with Gasteiger partial charge in [-0.05, 0) is 42.5 Å². The minimum absolute atomic E-state index is 0.0304. The van der Waals surface area contributed by atoms with Crippen LogP contribution in [0.3, 0.4) is 0 Å². The quantitative estimate of drug-likeness (QED) is 0.697. The molecule has 3 aromatic rings. The molecule has 1 aliphatic carbocycles. The number of hydrogen-bond acceptors (Lipinski definition) is 5. The number of ether oxygens (including phenoxy) is 1. The van der Waals surface area contributed by atoms with Crippen LogP contribution in [0.1, 0.15) is 33.8 Å². The molecule has 132 valence electrons. The first kappa shape index (κ1) is 17.0. The molecule has 0 spiro atoms. The number of thiophene rings is 1. The minimum atomic E-state index is 0.0304. The highest BCUT2D eigenvalue weighted by Crippen LogP contribution is 2.34. The lowest BCUT2D eigenvalue weighted by atomic mass is 10.1. The van der Waals surface area contributed by atoms with E-state index in [1.165, 1.54) is 10.4 Å². The third-order valence-corrected chi connectivity index (χ3v) is 6.02. The molecule has 0 fully saturated rings. The van der Waals surface area contributed by atoms with Crippen molar-refractivity contribution in [3.05, 3.63) is 62.0 Å². The van der Waals surface area contributed by atoms with Crippen molar-refractivity contribution in [2.75, 3.05) is 13.7 Å². The third kappa shape index (κ3) is 2.94. The van der Waals surface area contributed by atoms with E-state index in [4.69, 9.17) is 15.0 Å². The summed E-state index contributed by atoms with van der Waals surface area (Å²) in [5.74, 6) is 0.742. The lowest BCUT2D eigenvalue weighted by Crippen LogP contribution is -2.26. The molecular formula is C20H19N3O2S. The Kier molecular flexibility index (Phi) is 4.58. The summed E-state index contributed by atoms with van der Waals surface area (Å²) in [5.41, 5.74) is 2.75. The first-order valence-corrected chi connectivity index (χ1v) is 9.55. The summed E-state index contributed by atoms with van der Waals surface area (Å²) in [6, 6.07) is 9.54. The van der Waals surface area contributed by atoms with Crippen LogP contribution >= 0.6 is 11.3 Å². The normalized spacial score (nSPS) is 13.1. The lowest BCUT2D eigenvalue weighted by molar-refractivity contribution is 0.199. The molecule has 0 bridgehead atoms. The van der Waals surface area contributed by atoms with Crippen molar-refractivity contribution in [3.8, 4) is 6.07 Å². The van der Waals surface area contributed by atoms with Gasteiger partial charge in [0.2, 0.25) is 0 Å². The maximum atomic E-state index is 13.3. The van der Waals surface area contributed by atoms with Crippen molar-refractivity contribution < 1.29 is 4.74 Å². The fourth-order valence-electron chi connectivity index (χ4n) is 3.59. The SMILES string of the molecule is COCCc1nc2sc3c(c2c(=O)n1Cc1cccc(C#N)c1)CCC3. The van der Waals surface area contributed by atoms with E-state index < -0.39 is 0 Å². The number of aromatic nitrogens is 2. The largest absolute Gasteiger partial charge is 0.384 e. The van der Waals surface area contributed by atoms with Crippen LogP contribution in [0.2, 0.25) is 0 Å². The number of hydrogen-bond donors (Lipinski definition) is 0. The summed E-state index contributed by atoms with van der Waals surface area (Å²) in [5, 5.41) is 9.92. The summed E-state index contributed by atoms with van der Waals surface area (Å²) in [6.45, 7) is 0.933. The number of methoxy groups -OCH3 is 1. The summed E-state index contributed by atoms with van der Waals surface area (Å²) < 4.78 is 6.96. The number of fused-ring (bicyclic) bond motifs is 3. The highest BCUT2D eigenvalue weighted by atomic mass is 32.1. The smallest absolute Gasteiger partial charge is 0.262 e. The molecular weight excluding hydrogens is 346 g/mol. The Morgan fingerprint density at radius 3 is 3.08 bits per heavy atom. The van der Waals surface area contributed by atoms with Crippen molar-refractivity contribution in [1.29, 1.82) is 5.26 Å². The average molecular weight is 365 g/mol. The summed E-state index contributed by atoms with van der Waals surface area (Å²) in [4.78, 5) is 20.3. The van der Waals surface area contributed by atoms with Crippen LogP contribution in [0.5, 0.6) is 0 Å². The van der Waals surface area contributed by atoms with Gasteiger partial charge in [0.1, 0.15) is 10.7 Å². The zero-order chi connectivity index (χ0) is 18.1. The highest BCUT2D eigenvalue weighted by Gasteiger charge is 2.23. The van der Waals surface area contributed by atoms with Crippen LogP contribution in [0, 0.1) is 11.3 Å². The average Bonchev–Trinajstić information content (AvgIpc) is 3.23. The van der Waals surface area contributed by atoms with E-state index in [1.54, 1.807) is 29.1 Å². The van der Waals surface area contributed by atoms with Crippen molar-refractivity contribution >= 4 is 21.6 Å². The molecule has 0 aliphatic heterocycles. The molecule has 4 rings (SSSR count). The van der Waals surface area contributed by atoms with Crippen LogP contribution < -0.4 is 5.56 Å². The molecule has 0 radical (unpaired) electrons. The van der Waals surface area contributed by atoms with Gasteiger partial charge < -0.3 is 4.74 Å². The van der Waals surface area contributed by atoms with Crippen molar-refractivity contribution in [3.63, 3.8) is 0 Å². The van der Waals surface area contributed by atoms with Gasteiger partial charge in [-0.1, -0.05) is 12.1 Å². The summed E-state index contributed by atoms with van der Waals surface area (Å²) in [6.07, 6.45) is 3.72. The zero-order valence-electron chi connectivity index (χ0n) is 14.6. The Labute approximate surface area is 155 Å². The van der Waals surface area contributed by atoms with Gasteiger partial charge in [-0.15, -0.1) is 11.3 Å². The molecule has 0 N–H and O–H groups in total. The van der Waals surface area contributed by atoms with E-state index in [1.807, 2.05) is 18.2 Å². The molecule has 0 saturated carbocycles. The number of rotatable bonds is 5. The van der Waals surface area contributed by atoms with Crippen LogP contribution in [0.25, 0.3) is 10.2 Å². The zero-order valence-corrected chi connectivity index (χ0v) is 15.4. The number of nitrogens with zero attached hydrogens (tertiary/aromatic N) is 3. The third-order valence-electron chi connectivity index (χ3n) is 4.83. The fourth-order valence-corrected chi connectivity index (χ4v) is 4.86. The van der Waals surface area contributed by atoms with E-state index in [9.17, 15) is 4.79 Å². The fraction of sp³-hybridized carbons (Fsp3) is 0.350. The molecule has 0 atom stereocenters. The van der Waals surface area contributed by atoms with E-state index in [-0.39, 0.29) is 5.56 Å². The van der Waals surface area contributed by atoms with E-state index in [0.29, 0.717) is 25.1 Å². The number of aryl methyl sites for hydroxylation is 2. The molecule has 0 saturated heterocycles. The number of nitriles is 1. The van der Waals surface area contributed by atoms with Crippen LogP contribution in [0.15, 0.2) is 29.1 Å². The van der Waals surface area contributed by atoms with E-state index in [2.05, 4.69) is 6.07 Å². The lowest BCUT2D eigenvalue weighted by Gasteiger charge is -2.13. The Morgan fingerprint density at radius 2 is 2.27 bits per heavy atom. The molecule has 5 nitrogen and oxygen atoms in total. The Balaban J connectivity index is 1.86. The molecule has 26 heavy (non-hydrogen) atoms. The molecule has 2 aromatic heterocycles. The van der Waals surface area contributed by atoms with Gasteiger partial charge in [0.15, 0.2) is 0 Å². The van der Waals surface area contributed by atoms with Gasteiger partial charge >= 0.3 is 0 Å². The monoisotopic (exact) mass is 365 g/mol. The van der Waals surface area contributed by atoms with Gasteiger partial charge in [-0.25, -0.2) is 4.98 Å². The topological polar surface area (TPSA) is 67.9 Å². The second-order valence-corrected chi connectivity index (χ2v) is 7.60. The Morgan fingerprint density at radius 1 is 1.38 bits per heavy atom. The predicted octanol–water partition coefficient (Wildman–Crippen LogP) is 3.06. The van der Waals surface area contributed by atoms with Gasteiger partial charge in [0.25, 0.3) is 5.56 Å². The van der Waals surface area contributed by atoms with Crippen molar-refractivity contribution in [2.24, 2.45) is 0 Å². The van der Waals surface area contributed by atoms with Crippen LogP contribution in [-0.4, -0.2) is 23.3 Å². The van der Waals surface area contributed by atoms with Gasteiger partial charge in [0.05, 0.1) is 30.2 Å². The molecule has 2 heterocycles.